The summed E-state index contributed by atoms with van der Waals surface area (Å²) in [5, 5.41) is 3.57. The van der Waals surface area contributed by atoms with Crippen LogP contribution in [0, 0.1) is 0 Å². The summed E-state index contributed by atoms with van der Waals surface area (Å²) in [5.41, 5.74) is 10.3. The predicted octanol–water partition coefficient (Wildman–Crippen LogP) is 3.26. The Labute approximate surface area is 146 Å². The highest BCUT2D eigenvalue weighted by Gasteiger charge is 2.23. The fourth-order valence-corrected chi connectivity index (χ4v) is 3.03. The first kappa shape index (κ1) is 16.5. The van der Waals surface area contributed by atoms with Crippen molar-refractivity contribution in [1.82, 2.24) is 0 Å². The number of hydrogen-bond acceptors (Lipinski definition) is 3. The fraction of sp³-hybridized carbons (Fsp3) is 0.0476. The summed E-state index contributed by atoms with van der Waals surface area (Å²) < 4.78 is 0. The molecule has 0 heterocycles. The molecule has 0 spiro atoms. The number of hydrogen-bond donors (Lipinski definition) is 2. The summed E-state index contributed by atoms with van der Waals surface area (Å²) in [5.74, 6) is 4.36. The van der Waals surface area contributed by atoms with Crippen molar-refractivity contribution >= 4 is 12.1 Å². The van der Waals surface area contributed by atoms with Crippen LogP contribution in [0.25, 0.3) is 11.1 Å². The van der Waals surface area contributed by atoms with Crippen LogP contribution < -0.4 is 11.6 Å². The zero-order valence-corrected chi connectivity index (χ0v) is 13.7. The van der Waals surface area contributed by atoms with E-state index in [1.807, 2.05) is 78.9 Å². The van der Waals surface area contributed by atoms with Crippen LogP contribution in [0.1, 0.15) is 22.6 Å². The quantitative estimate of drug-likeness (QED) is 0.428. The molecule has 0 aliphatic rings. The van der Waals surface area contributed by atoms with Gasteiger partial charge in [0.25, 0.3) is 0 Å². The van der Waals surface area contributed by atoms with Gasteiger partial charge in [0.05, 0.1) is 12.1 Å². The molecule has 0 aliphatic carbocycles. The highest BCUT2D eigenvalue weighted by atomic mass is 16.1. The van der Waals surface area contributed by atoms with E-state index in [4.69, 9.17) is 11.6 Å². The summed E-state index contributed by atoms with van der Waals surface area (Å²) in [7, 11) is 0. The van der Waals surface area contributed by atoms with Gasteiger partial charge in [-0.05, 0) is 33.9 Å². The van der Waals surface area contributed by atoms with Crippen molar-refractivity contribution in [3.05, 3.63) is 95.6 Å². The third-order valence-electron chi connectivity index (χ3n) is 4.11. The Morgan fingerprint density at radius 1 is 0.920 bits per heavy atom. The topological polar surface area (TPSA) is 81.5 Å². The summed E-state index contributed by atoms with van der Waals surface area (Å²) in [6, 6.07) is 25.2. The van der Waals surface area contributed by atoms with Gasteiger partial charge in [0.15, 0.2) is 0 Å². The van der Waals surface area contributed by atoms with E-state index in [1.54, 1.807) is 6.21 Å². The second kappa shape index (κ2) is 7.45. The molecule has 0 saturated heterocycles. The van der Waals surface area contributed by atoms with Crippen molar-refractivity contribution < 1.29 is 4.79 Å². The Hall–Kier alpha value is -3.40. The Kier molecular flexibility index (Phi) is 4.90. The maximum absolute atomic E-state index is 12.2. The van der Waals surface area contributed by atoms with Crippen LogP contribution in [0.5, 0.6) is 0 Å². The van der Waals surface area contributed by atoms with Crippen molar-refractivity contribution in [2.75, 3.05) is 0 Å². The van der Waals surface area contributed by atoms with E-state index < -0.39 is 5.92 Å². The summed E-state index contributed by atoms with van der Waals surface area (Å²) in [6.07, 6.45) is 1.59. The molecular formula is C21H19N3O. The van der Waals surface area contributed by atoms with Crippen molar-refractivity contribution in [3.63, 3.8) is 0 Å². The number of carbonyl (C=O) groups excluding carboxylic acids is 1. The Morgan fingerprint density at radius 2 is 1.64 bits per heavy atom. The molecule has 3 rings (SSSR count). The highest BCUT2D eigenvalue weighted by molar-refractivity contribution is 5.89. The maximum Gasteiger partial charge on any atom is 0.229 e. The van der Waals surface area contributed by atoms with Gasteiger partial charge in [0.2, 0.25) is 5.91 Å². The minimum absolute atomic E-state index is 0.377. The largest absolute Gasteiger partial charge is 0.369 e. The van der Waals surface area contributed by atoms with Gasteiger partial charge in [-0.25, -0.2) is 0 Å². The van der Waals surface area contributed by atoms with E-state index in [0.717, 1.165) is 27.8 Å². The normalized spacial score (nSPS) is 12.2. The van der Waals surface area contributed by atoms with E-state index in [0.29, 0.717) is 0 Å². The van der Waals surface area contributed by atoms with Crippen LogP contribution in [0.15, 0.2) is 84.0 Å². The standard InChI is InChI=1S/C21H19N3O/c22-21(25)20(16-8-2-1-3-9-16)19-12-5-4-11-18(19)17-10-6-7-15(13-17)14-24-23/h1-14,20H,23H2,(H2,22,25). The Morgan fingerprint density at radius 3 is 2.36 bits per heavy atom. The molecule has 0 bridgehead atoms. The molecular weight excluding hydrogens is 310 g/mol. The molecule has 0 radical (unpaired) electrons. The minimum Gasteiger partial charge on any atom is -0.369 e. The third-order valence-corrected chi connectivity index (χ3v) is 4.11. The van der Waals surface area contributed by atoms with Crippen molar-refractivity contribution in [3.8, 4) is 11.1 Å². The van der Waals surface area contributed by atoms with Crippen LogP contribution in [0.3, 0.4) is 0 Å². The van der Waals surface area contributed by atoms with E-state index in [-0.39, 0.29) is 5.91 Å². The summed E-state index contributed by atoms with van der Waals surface area (Å²) >= 11 is 0. The van der Waals surface area contributed by atoms with Gasteiger partial charge >= 0.3 is 0 Å². The molecule has 1 atom stereocenters. The number of hydrazone groups is 1. The van der Waals surface area contributed by atoms with Gasteiger partial charge in [0.1, 0.15) is 0 Å². The second-order valence-electron chi connectivity index (χ2n) is 5.74. The number of rotatable bonds is 5. The minimum atomic E-state index is -0.510. The lowest BCUT2D eigenvalue weighted by Crippen LogP contribution is -2.23. The lowest BCUT2D eigenvalue weighted by atomic mass is 9.85. The molecule has 0 saturated carbocycles. The van der Waals surface area contributed by atoms with Crippen LogP contribution in [-0.2, 0) is 4.79 Å². The lowest BCUT2D eigenvalue weighted by molar-refractivity contribution is -0.118. The third kappa shape index (κ3) is 3.58. The Balaban J connectivity index is 2.15. The van der Waals surface area contributed by atoms with Gasteiger partial charge in [0, 0.05) is 0 Å². The van der Waals surface area contributed by atoms with E-state index in [9.17, 15) is 4.79 Å². The van der Waals surface area contributed by atoms with Gasteiger partial charge < -0.3 is 11.6 Å². The first-order valence-electron chi connectivity index (χ1n) is 7.97. The Bertz CT molecular complexity index is 904. The summed E-state index contributed by atoms with van der Waals surface area (Å²) in [4.78, 5) is 12.2. The molecule has 0 fully saturated rings. The molecule has 0 aromatic heterocycles. The first-order chi connectivity index (χ1) is 12.2. The van der Waals surface area contributed by atoms with Gasteiger partial charge in [-0.3, -0.25) is 4.79 Å². The SMILES string of the molecule is NN=Cc1cccc(-c2ccccc2C(C(N)=O)c2ccccc2)c1. The number of nitrogens with zero attached hydrogens (tertiary/aromatic N) is 1. The average molecular weight is 329 g/mol. The monoisotopic (exact) mass is 329 g/mol. The number of carbonyl (C=O) groups is 1. The van der Waals surface area contributed by atoms with Crippen molar-refractivity contribution in [1.29, 1.82) is 0 Å². The molecule has 3 aromatic rings. The van der Waals surface area contributed by atoms with Crippen molar-refractivity contribution in [2.24, 2.45) is 16.7 Å². The molecule has 0 aliphatic heterocycles. The maximum atomic E-state index is 12.2. The zero-order valence-electron chi connectivity index (χ0n) is 13.7. The molecule has 124 valence electrons. The number of amides is 1. The second-order valence-corrected chi connectivity index (χ2v) is 5.74. The van der Waals surface area contributed by atoms with E-state index >= 15 is 0 Å². The van der Waals surface area contributed by atoms with Gasteiger partial charge in [-0.2, -0.15) is 5.10 Å². The van der Waals surface area contributed by atoms with Crippen molar-refractivity contribution in [2.45, 2.75) is 5.92 Å². The van der Waals surface area contributed by atoms with Crippen LogP contribution in [0.4, 0.5) is 0 Å². The van der Waals surface area contributed by atoms with E-state index in [1.165, 1.54) is 0 Å². The molecule has 4 N–H and O–H groups in total. The van der Waals surface area contributed by atoms with Crippen LogP contribution in [0.2, 0.25) is 0 Å². The van der Waals surface area contributed by atoms with Crippen LogP contribution in [-0.4, -0.2) is 12.1 Å². The lowest BCUT2D eigenvalue weighted by Gasteiger charge is -2.18. The van der Waals surface area contributed by atoms with Crippen LogP contribution >= 0.6 is 0 Å². The number of primary amides is 1. The number of benzene rings is 3. The molecule has 3 aromatic carbocycles. The number of nitrogens with two attached hydrogens (primary N) is 2. The predicted molar refractivity (Wildman–Crippen MR) is 101 cm³/mol. The fourth-order valence-electron chi connectivity index (χ4n) is 3.03. The molecule has 1 amide bonds. The van der Waals surface area contributed by atoms with Gasteiger partial charge in [-0.1, -0.05) is 72.8 Å². The molecule has 1 unspecified atom stereocenters. The highest BCUT2D eigenvalue weighted by Crippen LogP contribution is 2.33. The van der Waals surface area contributed by atoms with Gasteiger partial charge in [-0.15, -0.1) is 0 Å². The molecule has 4 heteroatoms. The zero-order chi connectivity index (χ0) is 17.6. The smallest absolute Gasteiger partial charge is 0.229 e. The van der Waals surface area contributed by atoms with E-state index in [2.05, 4.69) is 5.10 Å². The molecule has 4 nitrogen and oxygen atoms in total. The first-order valence-corrected chi connectivity index (χ1v) is 7.97. The summed E-state index contributed by atoms with van der Waals surface area (Å²) in [6.45, 7) is 0. The average Bonchev–Trinajstić information content (AvgIpc) is 2.63. The molecule has 25 heavy (non-hydrogen) atoms.